The summed E-state index contributed by atoms with van der Waals surface area (Å²) in [6.45, 7) is 2.03. The number of aliphatic imine (C=N–C) groups is 1. The predicted octanol–water partition coefficient (Wildman–Crippen LogP) is 7.74. The highest BCUT2D eigenvalue weighted by Crippen LogP contribution is 2.36. The average molecular weight is 913 g/mol. The summed E-state index contributed by atoms with van der Waals surface area (Å²) in [5.41, 5.74) is 3.62. The molecule has 0 radical (unpaired) electrons. The Hall–Kier alpha value is -7.03. The molecule has 3 aliphatic heterocycles. The number of β-lactam (4-membered cyclic amide) rings is 1. The van der Waals surface area contributed by atoms with Crippen molar-refractivity contribution in [3.63, 3.8) is 0 Å². The first kappa shape index (κ1) is 47.9. The molecular weight excluding hydrogens is 853 g/mol. The minimum Gasteiger partial charge on any atom is -0.459 e. The fourth-order valence-corrected chi connectivity index (χ4v) is 8.79. The minimum absolute atomic E-state index is 0.00644. The maximum absolute atomic E-state index is 14.0. The van der Waals surface area contributed by atoms with Crippen molar-refractivity contribution in [1.82, 2.24) is 24.9 Å². The fourth-order valence-electron chi connectivity index (χ4n) is 8.79. The lowest BCUT2D eigenvalue weighted by atomic mass is 9.80. The molecule has 15 heteroatoms. The maximum atomic E-state index is 14.0. The Morgan fingerprint density at radius 1 is 0.597 bits per heavy atom. The standard InChI is InChI=1S/C52H60N6O9/c59-45(27-15-5-8-19-39-17-6-1-7-18-39)55-31-33-56(34-32-55)52(64)58-46(48(61)65-36-41-20-9-2-10-21-41)44(47(58)60)29-28-40-26-16-30-57(35-40)49(53-50(62)66-37-42-22-11-3-12-23-42)54-51(63)67-38-43-24-13-4-14-25-43/h1-4,6-7,9-14,17-18,20-25,40,44,46H,5,8,15-16,19,26-38H2,(H,53,54,62,63)/t40?,44-,46?/m1/s1. The smallest absolute Gasteiger partial charge is 0.437 e. The molecule has 1 N–H and O–H groups in total. The van der Waals surface area contributed by atoms with E-state index in [-0.39, 0.29) is 50.7 Å². The molecule has 4 aromatic rings. The molecule has 2 unspecified atom stereocenters. The molecule has 0 bridgehead atoms. The zero-order chi connectivity index (χ0) is 46.8. The van der Waals surface area contributed by atoms with E-state index >= 15 is 0 Å². The number of guanidine groups is 1. The van der Waals surface area contributed by atoms with Gasteiger partial charge in [0.15, 0.2) is 6.04 Å². The van der Waals surface area contributed by atoms with Gasteiger partial charge in [0, 0.05) is 45.7 Å². The van der Waals surface area contributed by atoms with Gasteiger partial charge in [-0.1, -0.05) is 128 Å². The van der Waals surface area contributed by atoms with Gasteiger partial charge in [0.2, 0.25) is 17.8 Å². The second kappa shape index (κ2) is 24.5. The van der Waals surface area contributed by atoms with E-state index in [1.807, 2.05) is 109 Å². The minimum atomic E-state index is -1.11. The Balaban J connectivity index is 0.951. The highest BCUT2D eigenvalue weighted by molar-refractivity contribution is 6.08. The summed E-state index contributed by atoms with van der Waals surface area (Å²) < 4.78 is 16.6. The van der Waals surface area contributed by atoms with Crippen molar-refractivity contribution >= 4 is 42.0 Å². The number of imide groups is 1. The van der Waals surface area contributed by atoms with Crippen molar-refractivity contribution in [2.45, 2.75) is 83.6 Å². The first-order valence-electron chi connectivity index (χ1n) is 23.4. The summed E-state index contributed by atoms with van der Waals surface area (Å²) in [5, 5.41) is 2.66. The van der Waals surface area contributed by atoms with Gasteiger partial charge in [0.1, 0.15) is 19.8 Å². The van der Waals surface area contributed by atoms with Gasteiger partial charge in [0.05, 0.1) is 5.92 Å². The van der Waals surface area contributed by atoms with Crippen LogP contribution in [-0.2, 0) is 54.8 Å². The number of aryl methyl sites for hydroxylation is 1. The highest BCUT2D eigenvalue weighted by Gasteiger charge is 2.56. The maximum Gasteiger partial charge on any atom is 0.437 e. The SMILES string of the molecule is O=C(N=C(NC(=O)OCc1ccccc1)N1CCCC(CC[C@H]2C(=O)N(C(=O)N3CCN(C(=O)CCCCCc4ccccc4)CC3)C2C(=O)OCc2ccccc2)C1)OCc1ccccc1. The van der Waals surface area contributed by atoms with Crippen LogP contribution in [0.5, 0.6) is 0 Å². The van der Waals surface area contributed by atoms with Crippen molar-refractivity contribution in [1.29, 1.82) is 0 Å². The molecule has 7 rings (SSSR count). The van der Waals surface area contributed by atoms with Crippen LogP contribution in [0.2, 0.25) is 0 Å². The third-order valence-electron chi connectivity index (χ3n) is 12.5. The van der Waals surface area contributed by atoms with Crippen LogP contribution >= 0.6 is 0 Å². The van der Waals surface area contributed by atoms with E-state index in [1.165, 1.54) is 10.5 Å². The molecule has 3 heterocycles. The fraction of sp³-hybridized carbons (Fsp3) is 0.404. The number of esters is 1. The number of carbonyl (C=O) groups is 6. The first-order chi connectivity index (χ1) is 32.7. The van der Waals surface area contributed by atoms with Crippen molar-refractivity contribution in [3.05, 3.63) is 144 Å². The number of unbranched alkanes of at least 4 members (excludes halogenated alkanes) is 2. The van der Waals surface area contributed by atoms with Crippen molar-refractivity contribution < 1.29 is 43.0 Å². The van der Waals surface area contributed by atoms with Crippen molar-refractivity contribution in [2.24, 2.45) is 16.8 Å². The van der Waals surface area contributed by atoms with E-state index in [4.69, 9.17) is 14.2 Å². The van der Waals surface area contributed by atoms with Gasteiger partial charge in [-0.3, -0.25) is 14.9 Å². The molecule has 0 saturated carbocycles. The number of benzene rings is 4. The lowest BCUT2D eigenvalue weighted by molar-refractivity contribution is -0.171. The molecule has 67 heavy (non-hydrogen) atoms. The van der Waals surface area contributed by atoms with Gasteiger partial charge >= 0.3 is 24.2 Å². The van der Waals surface area contributed by atoms with E-state index in [1.54, 1.807) is 9.80 Å². The van der Waals surface area contributed by atoms with Crippen LogP contribution in [0.25, 0.3) is 0 Å². The van der Waals surface area contributed by atoms with Gasteiger partial charge in [-0.2, -0.15) is 0 Å². The number of urea groups is 1. The molecule has 0 aliphatic carbocycles. The molecule has 4 aromatic carbocycles. The summed E-state index contributed by atoms with van der Waals surface area (Å²) in [7, 11) is 0. The third kappa shape index (κ3) is 14.0. The largest absolute Gasteiger partial charge is 0.459 e. The predicted molar refractivity (Wildman–Crippen MR) is 250 cm³/mol. The molecule has 3 saturated heterocycles. The van der Waals surface area contributed by atoms with Crippen molar-refractivity contribution in [3.8, 4) is 0 Å². The van der Waals surface area contributed by atoms with E-state index < -0.39 is 42.1 Å². The third-order valence-corrected chi connectivity index (χ3v) is 12.5. The lowest BCUT2D eigenvalue weighted by Gasteiger charge is -2.47. The number of ether oxygens (including phenoxy) is 3. The number of amides is 6. The number of likely N-dealkylation sites (tertiary alicyclic amines) is 2. The molecule has 15 nitrogen and oxygen atoms in total. The molecule has 352 valence electrons. The summed E-state index contributed by atoms with van der Waals surface area (Å²) >= 11 is 0. The van der Waals surface area contributed by atoms with Crippen molar-refractivity contribution in [2.75, 3.05) is 39.3 Å². The molecular formula is C52H60N6O9. The quantitative estimate of drug-likeness (QED) is 0.0293. The van der Waals surface area contributed by atoms with Gasteiger partial charge < -0.3 is 28.9 Å². The molecule has 0 spiro atoms. The van der Waals surface area contributed by atoms with Gasteiger partial charge in [-0.25, -0.2) is 24.1 Å². The molecule has 3 atom stereocenters. The monoisotopic (exact) mass is 912 g/mol. The van der Waals surface area contributed by atoms with Crippen LogP contribution in [0.3, 0.4) is 0 Å². The molecule has 6 amide bonds. The number of nitrogens with one attached hydrogen (secondary N) is 1. The average Bonchev–Trinajstić information content (AvgIpc) is 3.37. The second-order valence-electron chi connectivity index (χ2n) is 17.2. The number of piperidine rings is 1. The van der Waals surface area contributed by atoms with E-state index in [0.29, 0.717) is 51.9 Å². The molecule has 3 fully saturated rings. The molecule has 3 aliphatic rings. The van der Waals surface area contributed by atoms with Crippen LogP contribution in [0, 0.1) is 11.8 Å². The zero-order valence-electron chi connectivity index (χ0n) is 37.9. The van der Waals surface area contributed by atoms with Gasteiger partial charge in [0.25, 0.3) is 0 Å². The van der Waals surface area contributed by atoms with Crippen LogP contribution in [0.15, 0.2) is 126 Å². The van der Waals surface area contributed by atoms with Crippen LogP contribution < -0.4 is 5.32 Å². The topological polar surface area (TPSA) is 167 Å². The molecule has 0 aromatic heterocycles. The van der Waals surface area contributed by atoms with Gasteiger partial charge in [-0.05, 0) is 73.1 Å². The Morgan fingerprint density at radius 3 is 1.76 bits per heavy atom. The first-order valence-corrected chi connectivity index (χ1v) is 23.4. The Bertz CT molecular complexity index is 2290. The number of alkyl carbamates (subject to hydrolysis) is 1. The van der Waals surface area contributed by atoms with Crippen LogP contribution in [-0.4, -0.2) is 107 Å². The Morgan fingerprint density at radius 2 is 1.15 bits per heavy atom. The van der Waals surface area contributed by atoms with E-state index in [2.05, 4.69) is 22.4 Å². The van der Waals surface area contributed by atoms with E-state index in [0.717, 1.165) is 53.7 Å². The van der Waals surface area contributed by atoms with Crippen LogP contribution in [0.4, 0.5) is 14.4 Å². The zero-order valence-corrected chi connectivity index (χ0v) is 37.9. The number of nitrogens with zero attached hydrogens (tertiary/aromatic N) is 5. The van der Waals surface area contributed by atoms with Gasteiger partial charge in [-0.15, -0.1) is 4.99 Å². The summed E-state index contributed by atoms with van der Waals surface area (Å²) in [6, 6.07) is 36.2. The summed E-state index contributed by atoms with van der Waals surface area (Å²) in [4.78, 5) is 91.3. The lowest BCUT2D eigenvalue weighted by Crippen LogP contribution is -2.69. The normalized spacial score (nSPS) is 18.4. The number of rotatable bonds is 16. The summed E-state index contributed by atoms with van der Waals surface area (Å²) in [6.07, 6.45) is 4.77. The number of carbonyl (C=O) groups excluding carboxylic acids is 6. The Labute approximate surface area is 392 Å². The number of piperazine rings is 1. The number of hydrogen-bond acceptors (Lipinski definition) is 9. The number of hydrogen-bond donors (Lipinski definition) is 1. The summed E-state index contributed by atoms with van der Waals surface area (Å²) in [5.74, 6) is -1.88. The highest BCUT2D eigenvalue weighted by atomic mass is 16.6. The van der Waals surface area contributed by atoms with E-state index in [9.17, 15) is 28.8 Å². The Kier molecular flexibility index (Phi) is 17.5. The second-order valence-corrected chi connectivity index (χ2v) is 17.2. The van der Waals surface area contributed by atoms with Crippen LogP contribution in [0.1, 0.15) is 73.6 Å².